The van der Waals surface area contributed by atoms with Gasteiger partial charge in [-0.15, -0.1) is 0 Å². The molecule has 0 radical (unpaired) electrons. The summed E-state index contributed by atoms with van der Waals surface area (Å²) in [7, 11) is 0. The molecule has 0 spiro atoms. The molecule has 20 heavy (non-hydrogen) atoms. The van der Waals surface area contributed by atoms with E-state index in [-0.39, 0.29) is 13.0 Å². The number of halogens is 3. The SMILES string of the molecule is Cc1nc(OCCCC(F)(F)F)ccc1CNC(C)C. The standard InChI is InChI=1S/C14H21F3N2O/c1-10(2)18-9-12-5-6-13(19-11(12)3)20-8-4-7-14(15,16)17/h5-6,10,18H,4,7-9H2,1-3H3. The number of hydrogen-bond donors (Lipinski definition) is 1. The van der Waals surface area contributed by atoms with Crippen LogP contribution in [0.5, 0.6) is 5.88 Å². The average molecular weight is 290 g/mol. The number of ether oxygens (including phenoxy) is 1. The molecule has 0 aliphatic heterocycles. The number of nitrogens with zero attached hydrogens (tertiary/aromatic N) is 1. The first-order chi connectivity index (χ1) is 9.28. The second kappa shape index (κ2) is 7.47. The first kappa shape index (κ1) is 16.8. The van der Waals surface area contributed by atoms with Gasteiger partial charge in [0.1, 0.15) is 0 Å². The molecular weight excluding hydrogens is 269 g/mol. The molecule has 0 fully saturated rings. The Bertz CT molecular complexity index is 419. The Hall–Kier alpha value is -1.30. The van der Waals surface area contributed by atoms with E-state index in [1.54, 1.807) is 6.07 Å². The lowest BCUT2D eigenvalue weighted by Gasteiger charge is -2.12. The van der Waals surface area contributed by atoms with Gasteiger partial charge in [-0.25, -0.2) is 4.98 Å². The van der Waals surface area contributed by atoms with Crippen LogP contribution in [-0.4, -0.2) is 23.8 Å². The molecule has 1 heterocycles. The number of aryl methyl sites for hydroxylation is 1. The lowest BCUT2D eigenvalue weighted by molar-refractivity contribution is -0.136. The van der Waals surface area contributed by atoms with Crippen LogP contribution in [0.1, 0.15) is 37.9 Å². The van der Waals surface area contributed by atoms with Crippen LogP contribution >= 0.6 is 0 Å². The summed E-state index contributed by atoms with van der Waals surface area (Å²) >= 11 is 0. The lowest BCUT2D eigenvalue weighted by Crippen LogP contribution is -2.22. The minimum atomic E-state index is -4.13. The van der Waals surface area contributed by atoms with Crippen LogP contribution in [0, 0.1) is 6.92 Å². The maximum absolute atomic E-state index is 12.0. The van der Waals surface area contributed by atoms with Crippen LogP contribution < -0.4 is 10.1 Å². The van der Waals surface area contributed by atoms with Crippen LogP contribution in [0.25, 0.3) is 0 Å². The molecule has 0 bridgehead atoms. The first-order valence-corrected chi connectivity index (χ1v) is 6.67. The number of rotatable bonds is 7. The minimum Gasteiger partial charge on any atom is -0.478 e. The summed E-state index contributed by atoms with van der Waals surface area (Å²) in [6.07, 6.45) is -5.01. The van der Waals surface area contributed by atoms with Gasteiger partial charge in [0, 0.05) is 30.8 Å². The summed E-state index contributed by atoms with van der Waals surface area (Å²) in [5, 5.41) is 3.29. The largest absolute Gasteiger partial charge is 0.478 e. The second-order valence-corrected chi connectivity index (χ2v) is 5.00. The fourth-order valence-corrected chi connectivity index (χ4v) is 1.60. The van der Waals surface area contributed by atoms with E-state index < -0.39 is 12.6 Å². The smallest absolute Gasteiger partial charge is 0.389 e. The molecule has 114 valence electrons. The molecule has 0 amide bonds. The topological polar surface area (TPSA) is 34.1 Å². The van der Waals surface area contributed by atoms with Gasteiger partial charge in [0.25, 0.3) is 0 Å². The predicted molar refractivity (Wildman–Crippen MR) is 71.7 cm³/mol. The Balaban J connectivity index is 2.43. The average Bonchev–Trinajstić information content (AvgIpc) is 2.32. The van der Waals surface area contributed by atoms with Crippen molar-refractivity contribution in [3.05, 3.63) is 23.4 Å². The zero-order valence-electron chi connectivity index (χ0n) is 12.0. The quantitative estimate of drug-likeness (QED) is 0.779. The molecule has 1 N–H and O–H groups in total. The van der Waals surface area contributed by atoms with Gasteiger partial charge in [0.05, 0.1) is 6.61 Å². The lowest BCUT2D eigenvalue weighted by atomic mass is 10.2. The third-order valence-corrected chi connectivity index (χ3v) is 2.73. The molecule has 0 aliphatic rings. The molecule has 0 saturated heterocycles. The van der Waals surface area contributed by atoms with E-state index in [4.69, 9.17) is 4.74 Å². The van der Waals surface area contributed by atoms with E-state index in [2.05, 4.69) is 24.1 Å². The van der Waals surface area contributed by atoms with E-state index in [0.29, 0.717) is 18.5 Å². The Kier molecular flexibility index (Phi) is 6.26. The predicted octanol–water partition coefficient (Wildman–Crippen LogP) is 3.61. The van der Waals surface area contributed by atoms with Gasteiger partial charge in [-0.3, -0.25) is 0 Å². The Morgan fingerprint density at radius 2 is 2.00 bits per heavy atom. The van der Waals surface area contributed by atoms with Crippen LogP contribution in [0.3, 0.4) is 0 Å². The maximum Gasteiger partial charge on any atom is 0.389 e. The number of hydrogen-bond acceptors (Lipinski definition) is 3. The molecule has 1 aromatic rings. The summed E-state index contributed by atoms with van der Waals surface area (Å²) in [4.78, 5) is 4.24. The Morgan fingerprint density at radius 3 is 2.55 bits per heavy atom. The van der Waals surface area contributed by atoms with Gasteiger partial charge in [-0.1, -0.05) is 19.9 Å². The molecule has 1 rings (SSSR count). The van der Waals surface area contributed by atoms with Crippen molar-refractivity contribution in [2.75, 3.05) is 6.61 Å². The zero-order valence-corrected chi connectivity index (χ0v) is 12.0. The summed E-state index contributed by atoms with van der Waals surface area (Å²) < 4.78 is 41.1. The van der Waals surface area contributed by atoms with Gasteiger partial charge in [0.2, 0.25) is 5.88 Å². The van der Waals surface area contributed by atoms with E-state index in [9.17, 15) is 13.2 Å². The van der Waals surface area contributed by atoms with Crippen LogP contribution in [-0.2, 0) is 6.54 Å². The van der Waals surface area contributed by atoms with Gasteiger partial charge < -0.3 is 10.1 Å². The van der Waals surface area contributed by atoms with Crippen molar-refractivity contribution < 1.29 is 17.9 Å². The van der Waals surface area contributed by atoms with Crippen molar-refractivity contribution in [3.8, 4) is 5.88 Å². The van der Waals surface area contributed by atoms with Crippen LogP contribution in [0.2, 0.25) is 0 Å². The molecule has 1 aromatic heterocycles. The summed E-state index contributed by atoms with van der Waals surface area (Å²) in [6, 6.07) is 3.96. The van der Waals surface area contributed by atoms with Gasteiger partial charge in [-0.05, 0) is 18.9 Å². The Morgan fingerprint density at radius 1 is 1.30 bits per heavy atom. The molecular formula is C14H21F3N2O. The molecule has 0 aromatic carbocycles. The molecule has 0 aliphatic carbocycles. The van der Waals surface area contributed by atoms with Crippen LogP contribution in [0.15, 0.2) is 12.1 Å². The fourth-order valence-electron chi connectivity index (χ4n) is 1.60. The van der Waals surface area contributed by atoms with Crippen molar-refractivity contribution in [3.63, 3.8) is 0 Å². The van der Waals surface area contributed by atoms with Crippen molar-refractivity contribution in [2.24, 2.45) is 0 Å². The van der Waals surface area contributed by atoms with Crippen molar-refractivity contribution in [2.45, 2.75) is 52.4 Å². The molecule has 0 unspecified atom stereocenters. The highest BCUT2D eigenvalue weighted by molar-refractivity contribution is 5.24. The molecule has 3 nitrogen and oxygen atoms in total. The van der Waals surface area contributed by atoms with Gasteiger partial charge in [-0.2, -0.15) is 13.2 Å². The molecule has 6 heteroatoms. The van der Waals surface area contributed by atoms with Crippen molar-refractivity contribution >= 4 is 0 Å². The third kappa shape index (κ3) is 6.75. The summed E-state index contributed by atoms with van der Waals surface area (Å²) in [5.74, 6) is 0.373. The second-order valence-electron chi connectivity index (χ2n) is 5.00. The summed E-state index contributed by atoms with van der Waals surface area (Å²) in [6.45, 7) is 6.71. The third-order valence-electron chi connectivity index (χ3n) is 2.73. The molecule has 0 atom stereocenters. The van der Waals surface area contributed by atoms with Crippen LogP contribution in [0.4, 0.5) is 13.2 Å². The number of alkyl halides is 3. The van der Waals surface area contributed by atoms with E-state index in [0.717, 1.165) is 11.3 Å². The highest BCUT2D eigenvalue weighted by Crippen LogP contribution is 2.21. The van der Waals surface area contributed by atoms with Gasteiger partial charge >= 0.3 is 6.18 Å². The fraction of sp³-hybridized carbons (Fsp3) is 0.643. The Labute approximate surface area is 117 Å². The number of nitrogens with one attached hydrogen (secondary N) is 1. The van der Waals surface area contributed by atoms with Gasteiger partial charge in [0.15, 0.2) is 0 Å². The highest BCUT2D eigenvalue weighted by atomic mass is 19.4. The molecule has 0 saturated carbocycles. The zero-order chi connectivity index (χ0) is 15.2. The van der Waals surface area contributed by atoms with E-state index in [1.807, 2.05) is 13.0 Å². The minimum absolute atomic E-state index is 0.0234. The highest BCUT2D eigenvalue weighted by Gasteiger charge is 2.26. The summed E-state index contributed by atoms with van der Waals surface area (Å²) in [5.41, 5.74) is 1.88. The van der Waals surface area contributed by atoms with Crippen molar-refractivity contribution in [1.82, 2.24) is 10.3 Å². The van der Waals surface area contributed by atoms with Crippen molar-refractivity contribution in [1.29, 1.82) is 0 Å². The number of aromatic nitrogens is 1. The van der Waals surface area contributed by atoms with E-state index in [1.165, 1.54) is 0 Å². The maximum atomic E-state index is 12.0. The van der Waals surface area contributed by atoms with E-state index >= 15 is 0 Å². The first-order valence-electron chi connectivity index (χ1n) is 6.67. The normalized spacial score (nSPS) is 11.9. The monoisotopic (exact) mass is 290 g/mol. The number of pyridine rings is 1.